The number of hydrogen-bond donors (Lipinski definition) is 2. The standard InChI is InChI=1S/C13H15F4NO3/c1-21-7-9(19)4-5-18-12(20)10-3-2-8(14)6-11(10)13(15,16)17/h2-3,6,9,19H,4-5,7H2,1H3,(H,18,20). The molecular formula is C13H15F4NO3. The predicted molar refractivity (Wildman–Crippen MR) is 66.2 cm³/mol. The number of benzene rings is 1. The highest BCUT2D eigenvalue weighted by atomic mass is 19.4. The first kappa shape index (κ1) is 17.4. The Hall–Kier alpha value is -1.67. The molecule has 1 aromatic rings. The summed E-state index contributed by atoms with van der Waals surface area (Å²) in [6, 6.07) is 1.83. The number of carbonyl (C=O) groups is 1. The van der Waals surface area contributed by atoms with E-state index in [4.69, 9.17) is 0 Å². The minimum Gasteiger partial charge on any atom is -0.391 e. The third kappa shape index (κ3) is 5.31. The van der Waals surface area contributed by atoms with Crippen LogP contribution in [0.3, 0.4) is 0 Å². The zero-order chi connectivity index (χ0) is 16.0. The van der Waals surface area contributed by atoms with Gasteiger partial charge in [-0.2, -0.15) is 13.2 Å². The van der Waals surface area contributed by atoms with Crippen molar-refractivity contribution in [2.24, 2.45) is 0 Å². The van der Waals surface area contributed by atoms with Crippen LogP contribution in [0.2, 0.25) is 0 Å². The van der Waals surface area contributed by atoms with E-state index in [1.165, 1.54) is 7.11 Å². The van der Waals surface area contributed by atoms with Crippen LogP contribution in [0.25, 0.3) is 0 Å². The molecule has 0 saturated heterocycles. The summed E-state index contributed by atoms with van der Waals surface area (Å²) in [5.41, 5.74) is -2.00. The lowest BCUT2D eigenvalue weighted by atomic mass is 10.1. The van der Waals surface area contributed by atoms with E-state index in [2.05, 4.69) is 10.1 Å². The van der Waals surface area contributed by atoms with Gasteiger partial charge in [0.2, 0.25) is 0 Å². The van der Waals surface area contributed by atoms with Gasteiger partial charge in [-0.05, 0) is 24.6 Å². The molecule has 0 bridgehead atoms. The first-order valence-corrected chi connectivity index (χ1v) is 6.07. The molecule has 0 radical (unpaired) electrons. The van der Waals surface area contributed by atoms with E-state index in [1.807, 2.05) is 0 Å². The van der Waals surface area contributed by atoms with Gasteiger partial charge in [0.25, 0.3) is 5.91 Å². The van der Waals surface area contributed by atoms with Gasteiger partial charge >= 0.3 is 6.18 Å². The van der Waals surface area contributed by atoms with Gasteiger partial charge in [-0.3, -0.25) is 4.79 Å². The van der Waals surface area contributed by atoms with Gasteiger partial charge in [0.05, 0.1) is 23.8 Å². The predicted octanol–water partition coefficient (Wildman–Crippen LogP) is 1.97. The van der Waals surface area contributed by atoms with Crippen LogP contribution in [-0.4, -0.2) is 37.4 Å². The lowest BCUT2D eigenvalue weighted by Crippen LogP contribution is -2.30. The Bertz CT molecular complexity index is 491. The Morgan fingerprint density at radius 3 is 2.67 bits per heavy atom. The average Bonchev–Trinajstić information content (AvgIpc) is 2.37. The van der Waals surface area contributed by atoms with E-state index >= 15 is 0 Å². The number of amides is 1. The van der Waals surface area contributed by atoms with Crippen molar-refractivity contribution in [1.29, 1.82) is 0 Å². The molecule has 0 saturated carbocycles. The highest BCUT2D eigenvalue weighted by Gasteiger charge is 2.35. The van der Waals surface area contributed by atoms with Crippen LogP contribution in [0.4, 0.5) is 17.6 Å². The minimum atomic E-state index is -4.83. The van der Waals surface area contributed by atoms with Gasteiger partial charge in [-0.1, -0.05) is 0 Å². The van der Waals surface area contributed by atoms with Gasteiger partial charge in [0.15, 0.2) is 0 Å². The number of alkyl halides is 3. The van der Waals surface area contributed by atoms with E-state index in [0.717, 1.165) is 12.1 Å². The summed E-state index contributed by atoms with van der Waals surface area (Å²) in [5.74, 6) is -2.05. The van der Waals surface area contributed by atoms with Gasteiger partial charge in [0, 0.05) is 13.7 Å². The van der Waals surface area contributed by atoms with Crippen molar-refractivity contribution in [3.63, 3.8) is 0 Å². The molecule has 1 aromatic carbocycles. The number of hydrogen-bond acceptors (Lipinski definition) is 3. The van der Waals surface area contributed by atoms with Crippen LogP contribution in [0.5, 0.6) is 0 Å². The second-order valence-electron chi connectivity index (χ2n) is 4.34. The minimum absolute atomic E-state index is 0.0297. The fraction of sp³-hybridized carbons (Fsp3) is 0.462. The number of halogens is 4. The smallest absolute Gasteiger partial charge is 0.391 e. The fourth-order valence-electron chi connectivity index (χ4n) is 1.67. The molecule has 4 nitrogen and oxygen atoms in total. The Morgan fingerprint density at radius 2 is 2.10 bits per heavy atom. The zero-order valence-corrected chi connectivity index (χ0v) is 11.2. The second-order valence-corrected chi connectivity index (χ2v) is 4.34. The third-order valence-corrected chi connectivity index (χ3v) is 2.65. The topological polar surface area (TPSA) is 58.6 Å². The van der Waals surface area contributed by atoms with Crippen LogP contribution in [0.1, 0.15) is 22.3 Å². The molecule has 2 N–H and O–H groups in total. The summed E-state index contributed by atoms with van der Waals surface area (Å²) in [5, 5.41) is 11.6. The third-order valence-electron chi connectivity index (χ3n) is 2.65. The van der Waals surface area contributed by atoms with E-state index in [-0.39, 0.29) is 25.6 Å². The number of nitrogens with one attached hydrogen (secondary N) is 1. The molecule has 0 spiro atoms. The number of carbonyl (C=O) groups excluding carboxylic acids is 1. The summed E-state index contributed by atoms with van der Waals surface area (Å²) in [7, 11) is 1.38. The maximum atomic E-state index is 12.9. The lowest BCUT2D eigenvalue weighted by Gasteiger charge is -2.14. The molecule has 0 aliphatic rings. The summed E-state index contributed by atoms with van der Waals surface area (Å²) >= 11 is 0. The Morgan fingerprint density at radius 1 is 1.43 bits per heavy atom. The first-order valence-electron chi connectivity index (χ1n) is 6.07. The quantitative estimate of drug-likeness (QED) is 0.790. The zero-order valence-electron chi connectivity index (χ0n) is 11.2. The molecule has 0 aliphatic heterocycles. The maximum Gasteiger partial charge on any atom is 0.417 e. The lowest BCUT2D eigenvalue weighted by molar-refractivity contribution is -0.138. The number of rotatable bonds is 6. The SMILES string of the molecule is COCC(O)CCNC(=O)c1ccc(F)cc1C(F)(F)F. The van der Waals surface area contributed by atoms with Gasteiger partial charge in [0.1, 0.15) is 5.82 Å². The normalized spacial score (nSPS) is 13.0. The molecule has 0 aromatic heterocycles. The molecule has 118 valence electrons. The van der Waals surface area contributed by atoms with Crippen molar-refractivity contribution in [3.05, 3.63) is 35.1 Å². The molecule has 1 unspecified atom stereocenters. The molecule has 1 rings (SSSR count). The average molecular weight is 309 g/mol. The largest absolute Gasteiger partial charge is 0.417 e. The van der Waals surface area contributed by atoms with Gasteiger partial charge < -0.3 is 15.2 Å². The summed E-state index contributed by atoms with van der Waals surface area (Å²) in [6.07, 6.45) is -5.53. The summed E-state index contributed by atoms with van der Waals surface area (Å²) < 4.78 is 55.8. The van der Waals surface area contributed by atoms with Crippen LogP contribution in [0.15, 0.2) is 18.2 Å². The molecule has 8 heteroatoms. The highest BCUT2D eigenvalue weighted by molar-refractivity contribution is 5.95. The van der Waals surface area contributed by atoms with Crippen LogP contribution in [-0.2, 0) is 10.9 Å². The van der Waals surface area contributed by atoms with Crippen LogP contribution >= 0.6 is 0 Å². The van der Waals surface area contributed by atoms with Crippen molar-refractivity contribution in [1.82, 2.24) is 5.32 Å². The number of aliphatic hydroxyl groups is 1. The van der Waals surface area contributed by atoms with Gasteiger partial charge in [-0.15, -0.1) is 0 Å². The molecular weight excluding hydrogens is 294 g/mol. The van der Waals surface area contributed by atoms with Crippen molar-refractivity contribution >= 4 is 5.91 Å². The van der Waals surface area contributed by atoms with Crippen molar-refractivity contribution in [2.45, 2.75) is 18.7 Å². The highest BCUT2D eigenvalue weighted by Crippen LogP contribution is 2.32. The van der Waals surface area contributed by atoms with Crippen molar-refractivity contribution in [2.75, 3.05) is 20.3 Å². The van der Waals surface area contributed by atoms with Crippen molar-refractivity contribution in [3.8, 4) is 0 Å². The first-order chi connectivity index (χ1) is 9.75. The summed E-state index contributed by atoms with van der Waals surface area (Å²) in [4.78, 5) is 11.7. The van der Waals surface area contributed by atoms with Crippen LogP contribution < -0.4 is 5.32 Å². The fourth-order valence-corrected chi connectivity index (χ4v) is 1.67. The Balaban J connectivity index is 2.75. The van der Waals surface area contributed by atoms with E-state index < -0.39 is 35.1 Å². The van der Waals surface area contributed by atoms with E-state index in [0.29, 0.717) is 0 Å². The monoisotopic (exact) mass is 309 g/mol. The molecule has 21 heavy (non-hydrogen) atoms. The molecule has 1 amide bonds. The van der Waals surface area contributed by atoms with Gasteiger partial charge in [-0.25, -0.2) is 4.39 Å². The molecule has 0 fully saturated rings. The molecule has 0 heterocycles. The van der Waals surface area contributed by atoms with Crippen molar-refractivity contribution < 1.29 is 32.2 Å². The van der Waals surface area contributed by atoms with E-state index in [1.54, 1.807) is 0 Å². The Kier molecular flexibility index (Phi) is 6.10. The number of methoxy groups -OCH3 is 1. The molecule has 1 atom stereocenters. The summed E-state index contributed by atoms with van der Waals surface area (Å²) in [6.45, 7) is 0.0260. The maximum absolute atomic E-state index is 12.9. The Labute approximate surface area is 118 Å². The van der Waals surface area contributed by atoms with E-state index in [9.17, 15) is 27.5 Å². The van der Waals surface area contributed by atoms with Crippen LogP contribution in [0, 0.1) is 5.82 Å². The second kappa shape index (κ2) is 7.37. The number of aliphatic hydroxyl groups excluding tert-OH is 1. The molecule has 0 aliphatic carbocycles. The number of ether oxygens (including phenoxy) is 1.